The molecule has 0 radical (unpaired) electrons. The van der Waals surface area contributed by atoms with E-state index in [0.717, 1.165) is 75.3 Å². The lowest BCUT2D eigenvalue weighted by atomic mass is 9.37. The van der Waals surface area contributed by atoms with Crippen LogP contribution in [0.3, 0.4) is 0 Å². The second kappa shape index (κ2) is 14.6. The maximum Gasteiger partial charge on any atom is 0.331 e. The summed E-state index contributed by atoms with van der Waals surface area (Å²) in [7, 11) is 0. The molecule has 0 saturated heterocycles. The van der Waals surface area contributed by atoms with E-state index in [2.05, 4.69) is 24.5 Å². The number of cyclic esters (lactones) is 1. The van der Waals surface area contributed by atoms with E-state index in [0.29, 0.717) is 38.3 Å². The molecule has 0 aromatic heterocycles. The highest BCUT2D eigenvalue weighted by atomic mass is 16.5. The minimum atomic E-state index is -1.04. The van der Waals surface area contributed by atoms with Crippen molar-refractivity contribution in [2.75, 3.05) is 26.3 Å². The lowest BCUT2D eigenvalue weighted by molar-refractivity contribution is -0.286. The summed E-state index contributed by atoms with van der Waals surface area (Å²) in [6.07, 6.45) is 11.0. The highest BCUT2D eigenvalue weighted by Crippen LogP contribution is 2.74. The number of ether oxygens (including phenoxy) is 2. The summed E-state index contributed by atoms with van der Waals surface area (Å²) in [6, 6.07) is 6.99. The molecule has 50 heavy (non-hydrogen) atoms. The number of hydrogen-bond donors (Lipinski definition) is 5. The Labute approximate surface area is 296 Å². The Balaban J connectivity index is 0.912. The highest BCUT2D eigenvalue weighted by Gasteiger charge is 2.75. The number of aliphatic hydroxyl groups excluding tert-OH is 1. The summed E-state index contributed by atoms with van der Waals surface area (Å²) >= 11 is 0. The van der Waals surface area contributed by atoms with Gasteiger partial charge in [0, 0.05) is 36.4 Å². The van der Waals surface area contributed by atoms with E-state index in [4.69, 9.17) is 9.47 Å². The average Bonchev–Trinajstić information content (AvgIpc) is 3.64. The third kappa shape index (κ3) is 6.72. The fraction of sp³-hybridized carbons (Fsp3) is 0.725. The standard InChI is InChI=1S/C40H58N2O8/c1-37-16-13-30(49-25-35(46)41-19-6-4-5-7-34(45)42-20-15-26-8-10-29(43)11-9-26)22-28(37)12-17-38(2)32(37)23-33(44)39(3)31(14-18-40(38,39)48)27-21-36(47)50-24-27/h8-11,21,28,30-33,43-44,48H,4-7,12-20,22-25H2,1-3H3,(H,41,46)(H,42,45)/t28-,30+,31-,32-,33-,37+,38-,39+,40+/m1/s1. The Morgan fingerprint density at radius 3 is 2.44 bits per heavy atom. The van der Waals surface area contributed by atoms with Crippen LogP contribution in [0.25, 0.3) is 0 Å². The van der Waals surface area contributed by atoms with Gasteiger partial charge in [0.05, 0.1) is 17.8 Å². The number of rotatable bonds is 13. The van der Waals surface area contributed by atoms with Crippen LogP contribution in [0.1, 0.15) is 103 Å². The first-order chi connectivity index (χ1) is 23.8. The number of aliphatic hydroxyl groups is 2. The predicted molar refractivity (Wildman–Crippen MR) is 188 cm³/mol. The number of unbranched alkanes of at least 4 members (excludes halogenated alkanes) is 2. The Hall–Kier alpha value is -2.95. The molecule has 0 unspecified atom stereocenters. The Bertz CT molecular complexity index is 1450. The van der Waals surface area contributed by atoms with Crippen molar-refractivity contribution in [3.63, 3.8) is 0 Å². The van der Waals surface area contributed by atoms with Crippen LogP contribution >= 0.6 is 0 Å². The molecule has 5 aliphatic rings. The van der Waals surface area contributed by atoms with Gasteiger partial charge in [0.1, 0.15) is 19.0 Å². The largest absolute Gasteiger partial charge is 0.508 e. The molecule has 1 aromatic rings. The van der Waals surface area contributed by atoms with Gasteiger partial charge >= 0.3 is 5.97 Å². The number of carbonyl (C=O) groups excluding carboxylic acids is 3. The molecule has 10 heteroatoms. The van der Waals surface area contributed by atoms with Gasteiger partial charge < -0.3 is 35.4 Å². The number of phenols is 1. The van der Waals surface area contributed by atoms with Crippen molar-refractivity contribution in [1.29, 1.82) is 0 Å². The lowest BCUT2D eigenvalue weighted by Crippen LogP contribution is -2.71. The van der Waals surface area contributed by atoms with Gasteiger partial charge in [-0.2, -0.15) is 0 Å². The van der Waals surface area contributed by atoms with Gasteiger partial charge in [0.2, 0.25) is 11.8 Å². The first-order valence-electron chi connectivity index (χ1n) is 19.0. The number of amides is 2. The van der Waals surface area contributed by atoms with Crippen LogP contribution in [0.2, 0.25) is 0 Å². The zero-order chi connectivity index (χ0) is 35.7. The number of nitrogens with one attached hydrogen (secondary N) is 2. The van der Waals surface area contributed by atoms with Crippen molar-refractivity contribution < 1.29 is 39.2 Å². The van der Waals surface area contributed by atoms with Crippen LogP contribution in [0.5, 0.6) is 5.75 Å². The molecule has 2 amide bonds. The first-order valence-corrected chi connectivity index (χ1v) is 19.0. The average molecular weight is 695 g/mol. The quantitative estimate of drug-likeness (QED) is 0.147. The van der Waals surface area contributed by atoms with E-state index in [-0.39, 0.29) is 65.5 Å². The van der Waals surface area contributed by atoms with Crippen LogP contribution < -0.4 is 10.6 Å². The fourth-order valence-corrected chi connectivity index (χ4v) is 11.2. The lowest BCUT2D eigenvalue weighted by Gasteiger charge is -2.69. The van der Waals surface area contributed by atoms with Crippen LogP contribution in [0, 0.1) is 34.0 Å². The Morgan fingerprint density at radius 1 is 0.940 bits per heavy atom. The topological polar surface area (TPSA) is 154 Å². The van der Waals surface area contributed by atoms with Crippen molar-refractivity contribution in [3.05, 3.63) is 41.5 Å². The molecule has 0 spiro atoms. The molecule has 4 saturated carbocycles. The zero-order valence-corrected chi connectivity index (χ0v) is 30.2. The maximum absolute atomic E-state index is 12.7. The SMILES string of the molecule is C[C@]12CC[C@H](OCC(=O)NCCCCCC(=O)NCCc3ccc(O)cc3)C[C@H]1CC[C@]1(C)[C@@H]2C[C@@H](O)[C@]2(C)[C@@H](C3=CC(=O)OC3)CC[C@@]21O. The summed E-state index contributed by atoms with van der Waals surface area (Å²) in [5.74, 6) is 0.306. The van der Waals surface area contributed by atoms with Crippen molar-refractivity contribution in [3.8, 4) is 5.75 Å². The fourth-order valence-electron chi connectivity index (χ4n) is 11.2. The summed E-state index contributed by atoms with van der Waals surface area (Å²) in [4.78, 5) is 36.7. The van der Waals surface area contributed by atoms with Crippen LogP contribution in [-0.2, 0) is 30.3 Å². The molecule has 4 aliphatic carbocycles. The summed E-state index contributed by atoms with van der Waals surface area (Å²) in [5.41, 5.74) is -0.194. The summed E-state index contributed by atoms with van der Waals surface area (Å²) in [6.45, 7) is 8.09. The van der Waals surface area contributed by atoms with E-state index in [9.17, 15) is 29.7 Å². The second-order valence-corrected chi connectivity index (χ2v) is 16.7. The first kappa shape index (κ1) is 36.8. The monoisotopic (exact) mass is 694 g/mol. The van der Waals surface area contributed by atoms with Gasteiger partial charge in [-0.25, -0.2) is 4.79 Å². The third-order valence-electron chi connectivity index (χ3n) is 14.2. The number of hydrogen-bond acceptors (Lipinski definition) is 8. The number of aromatic hydroxyl groups is 1. The molecule has 1 aromatic carbocycles. The molecular formula is C40H58N2O8. The van der Waals surface area contributed by atoms with Crippen molar-refractivity contribution in [2.45, 2.75) is 122 Å². The van der Waals surface area contributed by atoms with Crippen LogP contribution in [-0.4, -0.2) is 77.2 Å². The molecule has 1 heterocycles. The van der Waals surface area contributed by atoms with Crippen molar-refractivity contribution in [1.82, 2.24) is 10.6 Å². The zero-order valence-electron chi connectivity index (χ0n) is 30.2. The Kier molecular flexibility index (Phi) is 10.7. The molecule has 9 atom stereocenters. The minimum Gasteiger partial charge on any atom is -0.508 e. The van der Waals surface area contributed by atoms with Gasteiger partial charge in [-0.05, 0) is 117 Å². The number of phenolic OH excluding ortho intramolecular Hbond substituents is 1. The van der Waals surface area contributed by atoms with E-state index >= 15 is 0 Å². The Morgan fingerprint density at radius 2 is 1.70 bits per heavy atom. The molecule has 10 nitrogen and oxygen atoms in total. The normalized spacial score (nSPS) is 37.6. The van der Waals surface area contributed by atoms with Crippen LogP contribution in [0.15, 0.2) is 35.9 Å². The van der Waals surface area contributed by atoms with Crippen molar-refractivity contribution in [2.24, 2.45) is 34.0 Å². The van der Waals surface area contributed by atoms with Gasteiger partial charge in [-0.3, -0.25) is 9.59 Å². The van der Waals surface area contributed by atoms with Crippen LogP contribution in [0.4, 0.5) is 0 Å². The number of carbonyl (C=O) groups is 3. The molecule has 0 bridgehead atoms. The highest BCUT2D eigenvalue weighted by molar-refractivity contribution is 5.85. The van der Waals surface area contributed by atoms with E-state index in [1.165, 1.54) is 0 Å². The number of fused-ring (bicyclic) bond motifs is 5. The van der Waals surface area contributed by atoms with Gasteiger partial charge in [0.15, 0.2) is 0 Å². The van der Waals surface area contributed by atoms with Gasteiger partial charge in [-0.1, -0.05) is 39.3 Å². The number of esters is 1. The molecule has 5 N–H and O–H groups in total. The smallest absolute Gasteiger partial charge is 0.331 e. The molecule has 4 fully saturated rings. The van der Waals surface area contributed by atoms with E-state index < -0.39 is 17.1 Å². The summed E-state index contributed by atoms with van der Waals surface area (Å²) < 4.78 is 11.4. The van der Waals surface area contributed by atoms with Gasteiger partial charge in [-0.15, -0.1) is 0 Å². The number of benzene rings is 1. The van der Waals surface area contributed by atoms with E-state index in [1.807, 2.05) is 19.1 Å². The van der Waals surface area contributed by atoms with Gasteiger partial charge in [0.25, 0.3) is 0 Å². The predicted octanol–water partition coefficient (Wildman–Crippen LogP) is 4.73. The van der Waals surface area contributed by atoms with E-state index in [1.54, 1.807) is 18.2 Å². The molecular weight excluding hydrogens is 636 g/mol. The molecule has 6 rings (SSSR count). The second-order valence-electron chi connectivity index (χ2n) is 16.7. The third-order valence-corrected chi connectivity index (χ3v) is 14.2. The summed E-state index contributed by atoms with van der Waals surface area (Å²) in [5, 5.41) is 39.8. The minimum absolute atomic E-state index is 0.0142. The van der Waals surface area contributed by atoms with Crippen molar-refractivity contribution >= 4 is 17.8 Å². The molecule has 1 aliphatic heterocycles. The molecule has 276 valence electrons. The maximum atomic E-state index is 12.7.